The number of carbonyl (C=O) groups is 4. The van der Waals surface area contributed by atoms with E-state index in [-0.39, 0.29) is 35.7 Å². The predicted molar refractivity (Wildman–Crippen MR) is 90.8 cm³/mol. The molecule has 1 fully saturated rings. The highest BCUT2D eigenvalue weighted by atomic mass is 32.2. The number of anilines is 1. The molecule has 0 aliphatic carbocycles. The van der Waals surface area contributed by atoms with Crippen LogP contribution in [0.1, 0.15) is 0 Å². The summed E-state index contributed by atoms with van der Waals surface area (Å²) in [6.07, 6.45) is 0. The molecule has 0 atom stereocenters. The van der Waals surface area contributed by atoms with E-state index in [9.17, 15) is 19.2 Å². The third-order valence-electron chi connectivity index (χ3n) is 3.32. The van der Waals surface area contributed by atoms with Gasteiger partial charge in [0.2, 0.25) is 5.91 Å². The average molecular weight is 367 g/mol. The first-order valence-electron chi connectivity index (χ1n) is 7.24. The molecule has 1 heterocycles. The normalized spacial score (nSPS) is 13.6. The smallest absolute Gasteiger partial charge is 0.313 e. The Labute approximate surface area is 148 Å². The number of hydrogen-bond acceptors (Lipinski definition) is 7. The number of benzene rings is 1. The van der Waals surface area contributed by atoms with Gasteiger partial charge in [-0.3, -0.25) is 24.1 Å². The minimum Gasteiger partial charge on any atom is -0.497 e. The monoisotopic (exact) mass is 367 g/mol. The summed E-state index contributed by atoms with van der Waals surface area (Å²) in [5, 5.41) is 4.43. The number of thioether (sulfide) groups is 1. The molecule has 0 bridgehead atoms. The van der Waals surface area contributed by atoms with E-state index in [0.29, 0.717) is 11.5 Å². The first-order chi connectivity index (χ1) is 12.0. The molecule has 9 nitrogen and oxygen atoms in total. The Balaban J connectivity index is 1.89. The van der Waals surface area contributed by atoms with Crippen molar-refractivity contribution in [3.8, 4) is 11.5 Å². The summed E-state index contributed by atoms with van der Waals surface area (Å²) in [7, 11) is 2.90. The molecule has 4 amide bonds. The molecule has 0 aromatic heterocycles. The van der Waals surface area contributed by atoms with Crippen LogP contribution in [0.4, 0.5) is 10.5 Å². The molecule has 0 radical (unpaired) electrons. The molecule has 134 valence electrons. The van der Waals surface area contributed by atoms with Crippen molar-refractivity contribution in [1.82, 2.24) is 10.2 Å². The van der Waals surface area contributed by atoms with Crippen LogP contribution in [0.25, 0.3) is 0 Å². The standard InChI is InChI=1S/C15H17N3O6S/c1-23-9-3-4-11(24-2)10(7-9)17-14(21)13(20)16-5-6-18-12(19)8-25-15(18)22/h3-4,7H,5-6,8H2,1-2H3,(H,16,20)(H,17,21). The van der Waals surface area contributed by atoms with E-state index in [4.69, 9.17) is 9.47 Å². The van der Waals surface area contributed by atoms with Gasteiger partial charge in [-0.25, -0.2) is 0 Å². The molecule has 0 unspecified atom stereocenters. The zero-order valence-electron chi connectivity index (χ0n) is 13.7. The maximum absolute atomic E-state index is 12.0. The fourth-order valence-corrected chi connectivity index (χ4v) is 2.80. The second kappa shape index (κ2) is 8.38. The summed E-state index contributed by atoms with van der Waals surface area (Å²) in [6, 6.07) is 4.76. The van der Waals surface area contributed by atoms with Gasteiger partial charge in [-0.15, -0.1) is 0 Å². The SMILES string of the molecule is COc1ccc(OC)c(NC(=O)C(=O)NCCN2C(=O)CSC2=O)c1. The number of carbonyl (C=O) groups excluding carboxylic acids is 4. The Morgan fingerprint density at radius 3 is 2.56 bits per heavy atom. The lowest BCUT2D eigenvalue weighted by atomic mass is 10.2. The highest BCUT2D eigenvalue weighted by molar-refractivity contribution is 8.14. The van der Waals surface area contributed by atoms with Gasteiger partial charge in [0, 0.05) is 19.2 Å². The summed E-state index contributed by atoms with van der Waals surface area (Å²) < 4.78 is 10.2. The van der Waals surface area contributed by atoms with Gasteiger partial charge < -0.3 is 20.1 Å². The van der Waals surface area contributed by atoms with E-state index >= 15 is 0 Å². The maximum atomic E-state index is 12.0. The van der Waals surface area contributed by atoms with Crippen molar-refractivity contribution in [3.63, 3.8) is 0 Å². The number of nitrogens with zero attached hydrogens (tertiary/aromatic N) is 1. The van der Waals surface area contributed by atoms with Crippen LogP contribution < -0.4 is 20.1 Å². The van der Waals surface area contributed by atoms with E-state index in [0.717, 1.165) is 16.7 Å². The quantitative estimate of drug-likeness (QED) is 0.702. The molecular weight excluding hydrogens is 350 g/mol. The first-order valence-corrected chi connectivity index (χ1v) is 8.23. The van der Waals surface area contributed by atoms with Gasteiger partial charge in [-0.2, -0.15) is 0 Å². The van der Waals surface area contributed by atoms with Crippen molar-refractivity contribution in [2.75, 3.05) is 38.4 Å². The summed E-state index contributed by atoms with van der Waals surface area (Å²) >= 11 is 0.908. The Kier molecular flexibility index (Phi) is 6.23. The Bertz CT molecular complexity index is 693. The summed E-state index contributed by atoms with van der Waals surface area (Å²) in [5.74, 6) is -1.15. The lowest BCUT2D eigenvalue weighted by Gasteiger charge is -2.14. The highest BCUT2D eigenvalue weighted by Gasteiger charge is 2.29. The van der Waals surface area contributed by atoms with Crippen LogP contribution in [0, 0.1) is 0 Å². The topological polar surface area (TPSA) is 114 Å². The molecule has 0 saturated carbocycles. The molecule has 25 heavy (non-hydrogen) atoms. The summed E-state index contributed by atoms with van der Waals surface area (Å²) in [5.41, 5.74) is 0.281. The van der Waals surface area contributed by atoms with E-state index in [2.05, 4.69) is 10.6 Å². The van der Waals surface area contributed by atoms with Crippen molar-refractivity contribution in [2.24, 2.45) is 0 Å². The van der Waals surface area contributed by atoms with Gasteiger partial charge in [0.1, 0.15) is 11.5 Å². The first kappa shape index (κ1) is 18.6. The molecular formula is C15H17N3O6S. The van der Waals surface area contributed by atoms with Crippen LogP contribution in [0.2, 0.25) is 0 Å². The zero-order valence-corrected chi connectivity index (χ0v) is 14.5. The number of methoxy groups -OCH3 is 2. The van der Waals surface area contributed by atoms with Crippen LogP contribution in [0.15, 0.2) is 18.2 Å². The molecule has 1 aromatic carbocycles. The second-order valence-electron chi connectivity index (χ2n) is 4.88. The number of nitrogens with one attached hydrogen (secondary N) is 2. The largest absolute Gasteiger partial charge is 0.497 e. The lowest BCUT2D eigenvalue weighted by Crippen LogP contribution is -2.41. The van der Waals surface area contributed by atoms with Gasteiger partial charge in [0.25, 0.3) is 5.24 Å². The highest BCUT2D eigenvalue weighted by Crippen LogP contribution is 2.28. The average Bonchev–Trinajstić information content (AvgIpc) is 2.93. The van der Waals surface area contributed by atoms with E-state index in [1.54, 1.807) is 12.1 Å². The van der Waals surface area contributed by atoms with Crippen LogP contribution in [-0.4, -0.2) is 60.9 Å². The van der Waals surface area contributed by atoms with Gasteiger partial charge in [-0.05, 0) is 12.1 Å². The van der Waals surface area contributed by atoms with Crippen molar-refractivity contribution >= 4 is 40.4 Å². The van der Waals surface area contributed by atoms with Gasteiger partial charge in [-0.1, -0.05) is 11.8 Å². The Hall–Kier alpha value is -2.75. The Morgan fingerprint density at radius 1 is 1.20 bits per heavy atom. The molecule has 1 aliphatic heterocycles. The molecule has 1 aliphatic rings. The van der Waals surface area contributed by atoms with E-state index < -0.39 is 11.8 Å². The minimum atomic E-state index is -0.903. The minimum absolute atomic E-state index is 0.0143. The summed E-state index contributed by atoms with van der Waals surface area (Å²) in [4.78, 5) is 47.7. The number of hydrogen-bond donors (Lipinski definition) is 2. The molecule has 1 aromatic rings. The van der Waals surface area contributed by atoms with Crippen molar-refractivity contribution in [3.05, 3.63) is 18.2 Å². The number of amides is 4. The van der Waals surface area contributed by atoms with Crippen LogP contribution in [-0.2, 0) is 14.4 Å². The van der Waals surface area contributed by atoms with Gasteiger partial charge in [0.15, 0.2) is 0 Å². The number of ether oxygens (including phenoxy) is 2. The third-order valence-corrected chi connectivity index (χ3v) is 4.18. The van der Waals surface area contributed by atoms with Crippen LogP contribution in [0.3, 0.4) is 0 Å². The number of imide groups is 1. The van der Waals surface area contributed by atoms with Crippen molar-refractivity contribution < 1.29 is 28.7 Å². The van der Waals surface area contributed by atoms with Crippen LogP contribution in [0.5, 0.6) is 11.5 Å². The fourth-order valence-electron chi connectivity index (χ4n) is 2.05. The van der Waals surface area contributed by atoms with Crippen LogP contribution >= 0.6 is 11.8 Å². The lowest BCUT2D eigenvalue weighted by molar-refractivity contribution is -0.136. The predicted octanol–water partition coefficient (Wildman–Crippen LogP) is 0.454. The third kappa shape index (κ3) is 4.63. The molecule has 1 saturated heterocycles. The Morgan fingerprint density at radius 2 is 1.96 bits per heavy atom. The molecule has 10 heteroatoms. The van der Waals surface area contributed by atoms with Crippen molar-refractivity contribution in [2.45, 2.75) is 0 Å². The maximum Gasteiger partial charge on any atom is 0.313 e. The van der Waals surface area contributed by atoms with Gasteiger partial charge >= 0.3 is 11.8 Å². The van der Waals surface area contributed by atoms with Crippen molar-refractivity contribution in [1.29, 1.82) is 0 Å². The second-order valence-corrected chi connectivity index (χ2v) is 5.80. The molecule has 2 rings (SSSR count). The molecule has 2 N–H and O–H groups in total. The zero-order chi connectivity index (χ0) is 18.4. The fraction of sp³-hybridized carbons (Fsp3) is 0.333. The van der Waals surface area contributed by atoms with E-state index in [1.165, 1.54) is 20.3 Å². The number of rotatable bonds is 6. The van der Waals surface area contributed by atoms with E-state index in [1.807, 2.05) is 0 Å². The molecule has 0 spiro atoms. The van der Waals surface area contributed by atoms with Gasteiger partial charge in [0.05, 0.1) is 25.7 Å². The summed E-state index contributed by atoms with van der Waals surface area (Å²) in [6.45, 7) is 0.00566.